The van der Waals surface area contributed by atoms with E-state index in [1.165, 1.54) is 24.4 Å². The molecule has 1 saturated heterocycles. The van der Waals surface area contributed by atoms with Crippen molar-refractivity contribution in [2.45, 2.75) is 26.8 Å². The molecule has 1 aliphatic rings. The molecule has 0 radical (unpaired) electrons. The largest absolute Gasteiger partial charge is 0.320 e. The van der Waals surface area contributed by atoms with Gasteiger partial charge in [-0.15, -0.1) is 11.3 Å². The van der Waals surface area contributed by atoms with Crippen molar-refractivity contribution in [2.24, 2.45) is 11.1 Å². The van der Waals surface area contributed by atoms with Crippen LogP contribution < -0.4 is 5.73 Å². The molecule has 2 heterocycles. The number of rotatable bonds is 2. The minimum absolute atomic E-state index is 0.437. The van der Waals surface area contributed by atoms with Gasteiger partial charge in [0.1, 0.15) is 0 Å². The quantitative estimate of drug-likeness (QED) is 0.814. The second-order valence-electron chi connectivity index (χ2n) is 5.39. The van der Waals surface area contributed by atoms with E-state index in [4.69, 9.17) is 5.73 Å². The standard InChI is InChI=1S/C14H20N2S/c1-14(2)6-8-16(11-14)10-13-12(4-3-7-15)5-9-17-13/h5,9H,6-8,10-11,15H2,1-2H3. The van der Waals surface area contributed by atoms with Gasteiger partial charge in [-0.25, -0.2) is 0 Å². The lowest BCUT2D eigenvalue weighted by atomic mass is 9.93. The Labute approximate surface area is 108 Å². The van der Waals surface area contributed by atoms with E-state index in [-0.39, 0.29) is 0 Å². The summed E-state index contributed by atoms with van der Waals surface area (Å²) in [5.41, 5.74) is 7.04. The molecule has 1 fully saturated rings. The fraction of sp³-hybridized carbons (Fsp3) is 0.571. The molecule has 2 nitrogen and oxygen atoms in total. The van der Waals surface area contributed by atoms with E-state index in [0.29, 0.717) is 12.0 Å². The normalized spacial score (nSPS) is 19.0. The van der Waals surface area contributed by atoms with Gasteiger partial charge in [0.15, 0.2) is 0 Å². The lowest BCUT2D eigenvalue weighted by Gasteiger charge is -2.19. The van der Waals surface area contributed by atoms with Gasteiger partial charge >= 0.3 is 0 Å². The van der Waals surface area contributed by atoms with Crippen LogP contribution in [0.2, 0.25) is 0 Å². The average molecular weight is 248 g/mol. The van der Waals surface area contributed by atoms with E-state index in [9.17, 15) is 0 Å². The Kier molecular flexibility index (Phi) is 3.88. The number of hydrogen-bond donors (Lipinski definition) is 1. The molecule has 0 amide bonds. The van der Waals surface area contributed by atoms with Crippen LogP contribution in [0, 0.1) is 17.3 Å². The summed E-state index contributed by atoms with van der Waals surface area (Å²) in [6.45, 7) is 8.55. The van der Waals surface area contributed by atoms with Crippen molar-refractivity contribution < 1.29 is 0 Å². The molecule has 0 unspecified atom stereocenters. The lowest BCUT2D eigenvalue weighted by Crippen LogP contribution is -2.22. The highest BCUT2D eigenvalue weighted by Crippen LogP contribution is 2.30. The summed E-state index contributed by atoms with van der Waals surface area (Å²) < 4.78 is 0. The molecule has 0 aliphatic carbocycles. The predicted octanol–water partition coefficient (Wildman–Crippen LogP) is 2.29. The number of nitrogens with two attached hydrogens (primary N) is 1. The maximum atomic E-state index is 5.41. The first-order valence-corrected chi connectivity index (χ1v) is 6.96. The molecule has 0 spiro atoms. The predicted molar refractivity (Wildman–Crippen MR) is 73.9 cm³/mol. The summed E-state index contributed by atoms with van der Waals surface area (Å²) in [6.07, 6.45) is 1.29. The second kappa shape index (κ2) is 5.22. The fourth-order valence-electron chi connectivity index (χ4n) is 2.28. The molecule has 0 saturated carbocycles. The second-order valence-corrected chi connectivity index (χ2v) is 6.39. The van der Waals surface area contributed by atoms with Crippen molar-refractivity contribution in [3.05, 3.63) is 21.9 Å². The third kappa shape index (κ3) is 3.32. The van der Waals surface area contributed by atoms with Crippen LogP contribution >= 0.6 is 11.3 Å². The van der Waals surface area contributed by atoms with E-state index in [1.807, 2.05) is 0 Å². The van der Waals surface area contributed by atoms with Crippen LogP contribution in [0.3, 0.4) is 0 Å². The van der Waals surface area contributed by atoms with Crippen LogP contribution in [0.5, 0.6) is 0 Å². The van der Waals surface area contributed by atoms with E-state index in [2.05, 4.69) is 42.0 Å². The van der Waals surface area contributed by atoms with E-state index >= 15 is 0 Å². The van der Waals surface area contributed by atoms with E-state index in [1.54, 1.807) is 11.3 Å². The minimum atomic E-state index is 0.437. The van der Waals surface area contributed by atoms with Crippen LogP contribution in [-0.4, -0.2) is 24.5 Å². The van der Waals surface area contributed by atoms with Gasteiger partial charge in [-0.2, -0.15) is 0 Å². The van der Waals surface area contributed by atoms with Crippen LogP contribution in [0.4, 0.5) is 0 Å². The zero-order valence-corrected chi connectivity index (χ0v) is 11.4. The molecule has 0 atom stereocenters. The highest BCUT2D eigenvalue weighted by molar-refractivity contribution is 7.10. The van der Waals surface area contributed by atoms with Crippen LogP contribution in [-0.2, 0) is 6.54 Å². The maximum Gasteiger partial charge on any atom is 0.0555 e. The van der Waals surface area contributed by atoms with Crippen LogP contribution in [0.25, 0.3) is 0 Å². The van der Waals surface area contributed by atoms with Gasteiger partial charge in [0.25, 0.3) is 0 Å². The van der Waals surface area contributed by atoms with E-state index < -0.39 is 0 Å². The highest BCUT2D eigenvalue weighted by Gasteiger charge is 2.29. The van der Waals surface area contributed by atoms with Crippen molar-refractivity contribution in [1.29, 1.82) is 0 Å². The Bertz CT molecular complexity index is 437. The highest BCUT2D eigenvalue weighted by atomic mass is 32.1. The van der Waals surface area contributed by atoms with Crippen molar-refractivity contribution in [3.8, 4) is 11.8 Å². The molecular weight excluding hydrogens is 228 g/mol. The summed E-state index contributed by atoms with van der Waals surface area (Å²) in [7, 11) is 0. The summed E-state index contributed by atoms with van der Waals surface area (Å²) in [5, 5.41) is 2.12. The van der Waals surface area contributed by atoms with Gasteiger partial charge in [0, 0.05) is 23.5 Å². The van der Waals surface area contributed by atoms with Crippen molar-refractivity contribution in [1.82, 2.24) is 4.90 Å². The maximum absolute atomic E-state index is 5.41. The molecule has 1 aromatic rings. The molecule has 0 bridgehead atoms. The molecular formula is C14H20N2S. The molecule has 3 heteroatoms. The van der Waals surface area contributed by atoms with Gasteiger partial charge in [0.05, 0.1) is 6.54 Å². The molecule has 92 valence electrons. The number of hydrogen-bond acceptors (Lipinski definition) is 3. The topological polar surface area (TPSA) is 29.3 Å². The average Bonchev–Trinajstić information content (AvgIpc) is 2.83. The van der Waals surface area contributed by atoms with Gasteiger partial charge < -0.3 is 5.73 Å². The van der Waals surface area contributed by atoms with E-state index in [0.717, 1.165) is 12.1 Å². The molecule has 2 rings (SSSR count). The van der Waals surface area contributed by atoms with Gasteiger partial charge in [-0.05, 0) is 29.8 Å². The van der Waals surface area contributed by atoms with Crippen LogP contribution in [0.15, 0.2) is 11.4 Å². The molecule has 2 N–H and O–H groups in total. The molecule has 17 heavy (non-hydrogen) atoms. The van der Waals surface area contributed by atoms with Crippen molar-refractivity contribution in [2.75, 3.05) is 19.6 Å². The first-order chi connectivity index (χ1) is 8.11. The monoisotopic (exact) mass is 248 g/mol. The molecule has 0 aromatic carbocycles. The first kappa shape index (κ1) is 12.6. The Morgan fingerprint density at radius 1 is 1.53 bits per heavy atom. The van der Waals surface area contributed by atoms with Gasteiger partial charge in [-0.3, -0.25) is 4.90 Å². The summed E-state index contributed by atoms with van der Waals surface area (Å²) in [6, 6.07) is 2.10. The van der Waals surface area contributed by atoms with Gasteiger partial charge in [0.2, 0.25) is 0 Å². The zero-order valence-electron chi connectivity index (χ0n) is 10.6. The zero-order chi connectivity index (χ0) is 12.3. The lowest BCUT2D eigenvalue weighted by molar-refractivity contribution is 0.286. The number of nitrogens with zero attached hydrogens (tertiary/aromatic N) is 1. The molecule has 1 aliphatic heterocycles. The summed E-state index contributed by atoms with van der Waals surface area (Å²) >= 11 is 1.80. The Balaban J connectivity index is 2.02. The first-order valence-electron chi connectivity index (χ1n) is 6.08. The third-order valence-corrected chi connectivity index (χ3v) is 4.10. The van der Waals surface area contributed by atoms with Crippen molar-refractivity contribution >= 4 is 11.3 Å². The summed E-state index contributed by atoms with van der Waals surface area (Å²) in [5.74, 6) is 6.09. The smallest absolute Gasteiger partial charge is 0.0555 e. The van der Waals surface area contributed by atoms with Gasteiger partial charge in [-0.1, -0.05) is 25.7 Å². The third-order valence-electron chi connectivity index (χ3n) is 3.19. The fourth-order valence-corrected chi connectivity index (χ4v) is 3.15. The number of likely N-dealkylation sites (tertiary alicyclic amines) is 1. The minimum Gasteiger partial charge on any atom is -0.320 e. The number of thiophene rings is 1. The Morgan fingerprint density at radius 2 is 2.35 bits per heavy atom. The summed E-state index contributed by atoms with van der Waals surface area (Å²) in [4.78, 5) is 3.91. The van der Waals surface area contributed by atoms with Crippen molar-refractivity contribution in [3.63, 3.8) is 0 Å². The Hall–Kier alpha value is -0.820. The SMILES string of the molecule is CC1(C)CCN(Cc2sccc2C#CCN)C1. The van der Waals surface area contributed by atoms with Crippen LogP contribution in [0.1, 0.15) is 30.7 Å². The molecule has 1 aromatic heterocycles. The Morgan fingerprint density at radius 3 is 3.00 bits per heavy atom.